The average Bonchev–Trinajstić information content (AvgIpc) is 2.87. The molecule has 0 aliphatic rings. The molecule has 11 heteroatoms. The first kappa shape index (κ1) is 24.8. The van der Waals surface area contributed by atoms with Crippen molar-refractivity contribution in [2.24, 2.45) is 10.9 Å². The molecule has 0 aliphatic carbocycles. The number of amides is 1. The lowest BCUT2D eigenvalue weighted by molar-refractivity contribution is -0.139. The molecule has 1 heterocycles. The van der Waals surface area contributed by atoms with E-state index in [2.05, 4.69) is 20.8 Å². The molecule has 1 amide bonds. The monoisotopic (exact) mass is 479 g/mol. The second kappa shape index (κ2) is 11.9. The highest BCUT2D eigenvalue weighted by Crippen LogP contribution is 2.32. The van der Waals surface area contributed by atoms with Gasteiger partial charge in [-0.25, -0.2) is 9.78 Å². The second-order valence-corrected chi connectivity index (χ2v) is 7.13. The Bertz CT molecular complexity index is 1210. The van der Waals surface area contributed by atoms with Gasteiger partial charge in [-0.05, 0) is 49.4 Å². The number of hydrogen-bond donors (Lipinski definition) is 5. The van der Waals surface area contributed by atoms with Gasteiger partial charge < -0.3 is 36.2 Å². The Kier molecular flexibility index (Phi) is 8.43. The van der Waals surface area contributed by atoms with E-state index in [0.717, 1.165) is 0 Å². The van der Waals surface area contributed by atoms with Gasteiger partial charge in [-0.15, -0.1) is 0 Å². The first-order valence-corrected chi connectivity index (χ1v) is 10.6. The van der Waals surface area contributed by atoms with Crippen LogP contribution in [0.3, 0.4) is 0 Å². The Labute approximate surface area is 201 Å². The topological polar surface area (TPSA) is 168 Å². The number of oxime groups is 1. The summed E-state index contributed by atoms with van der Waals surface area (Å²) in [4.78, 5) is 28.2. The van der Waals surface area contributed by atoms with Crippen LogP contribution in [0, 0.1) is 0 Å². The number of pyridine rings is 1. The van der Waals surface area contributed by atoms with Crippen LogP contribution in [0.4, 0.5) is 11.5 Å². The van der Waals surface area contributed by atoms with Crippen molar-refractivity contribution in [2.45, 2.75) is 13.5 Å². The zero-order chi connectivity index (χ0) is 25.2. The van der Waals surface area contributed by atoms with Crippen molar-refractivity contribution in [1.29, 1.82) is 0 Å². The molecule has 6 N–H and O–H groups in total. The van der Waals surface area contributed by atoms with E-state index in [1.807, 2.05) is 6.92 Å². The van der Waals surface area contributed by atoms with Gasteiger partial charge in [0, 0.05) is 29.6 Å². The number of hydrogen-bond acceptors (Lipinski definition) is 8. The minimum atomic E-state index is -1.11. The molecule has 0 saturated carbocycles. The summed E-state index contributed by atoms with van der Waals surface area (Å²) in [5.41, 5.74) is 7.50. The predicted molar refractivity (Wildman–Crippen MR) is 129 cm³/mol. The zero-order valence-electron chi connectivity index (χ0n) is 18.9. The smallest absolute Gasteiger partial charge is 0.341 e. The molecule has 0 aliphatic heterocycles. The number of carboxylic acids is 1. The number of benzene rings is 2. The fourth-order valence-electron chi connectivity index (χ4n) is 3.16. The van der Waals surface area contributed by atoms with Crippen LogP contribution in [-0.2, 0) is 11.3 Å². The first-order valence-electron chi connectivity index (χ1n) is 10.6. The number of aliphatic carboxylic acids is 1. The van der Waals surface area contributed by atoms with E-state index in [-0.39, 0.29) is 12.4 Å². The minimum absolute atomic E-state index is 0.0401. The van der Waals surface area contributed by atoms with Gasteiger partial charge in [0.1, 0.15) is 5.82 Å². The number of anilines is 2. The van der Waals surface area contributed by atoms with E-state index < -0.39 is 18.5 Å². The quantitative estimate of drug-likeness (QED) is 0.120. The summed E-state index contributed by atoms with van der Waals surface area (Å²) in [7, 11) is 0. The molecule has 0 spiro atoms. The van der Waals surface area contributed by atoms with Gasteiger partial charge in [-0.2, -0.15) is 0 Å². The van der Waals surface area contributed by atoms with Crippen molar-refractivity contribution < 1.29 is 29.4 Å². The third-order valence-electron chi connectivity index (χ3n) is 4.75. The fraction of sp³-hybridized carbons (Fsp3) is 0.167. The second-order valence-electron chi connectivity index (χ2n) is 7.13. The molecule has 0 saturated heterocycles. The summed E-state index contributed by atoms with van der Waals surface area (Å²) in [5, 5.41) is 26.6. The minimum Gasteiger partial charge on any atom is -0.490 e. The van der Waals surface area contributed by atoms with Crippen LogP contribution >= 0.6 is 0 Å². The number of nitrogens with two attached hydrogens (primary N) is 1. The molecule has 0 unspecified atom stereocenters. The number of amidine groups is 1. The van der Waals surface area contributed by atoms with E-state index in [9.17, 15) is 9.59 Å². The number of aromatic nitrogens is 1. The van der Waals surface area contributed by atoms with Crippen molar-refractivity contribution in [3.8, 4) is 11.5 Å². The fourth-order valence-corrected chi connectivity index (χ4v) is 3.16. The number of rotatable bonds is 11. The van der Waals surface area contributed by atoms with Gasteiger partial charge in [-0.3, -0.25) is 4.79 Å². The van der Waals surface area contributed by atoms with Gasteiger partial charge in [0.05, 0.1) is 12.2 Å². The molecule has 0 radical (unpaired) electrons. The number of carboxylic acid groups (broad SMARTS) is 1. The van der Waals surface area contributed by atoms with Gasteiger partial charge in [0.2, 0.25) is 0 Å². The molecule has 0 fully saturated rings. The van der Waals surface area contributed by atoms with Gasteiger partial charge in [-0.1, -0.05) is 17.3 Å². The van der Waals surface area contributed by atoms with Crippen molar-refractivity contribution in [3.05, 3.63) is 77.5 Å². The molecular weight excluding hydrogens is 454 g/mol. The first-order chi connectivity index (χ1) is 16.9. The van der Waals surface area contributed by atoms with Crippen LogP contribution in [0.25, 0.3) is 0 Å². The lowest BCUT2D eigenvalue weighted by Gasteiger charge is -2.16. The highest BCUT2D eigenvalue weighted by molar-refractivity contribution is 6.07. The highest BCUT2D eigenvalue weighted by Gasteiger charge is 2.16. The van der Waals surface area contributed by atoms with Crippen molar-refractivity contribution >= 4 is 29.2 Å². The van der Waals surface area contributed by atoms with Crippen LogP contribution in [0.1, 0.15) is 28.4 Å². The predicted octanol–water partition coefficient (Wildman–Crippen LogP) is 2.90. The van der Waals surface area contributed by atoms with Crippen molar-refractivity contribution in [2.75, 3.05) is 23.8 Å². The molecule has 2 aromatic carbocycles. The maximum absolute atomic E-state index is 12.9. The molecule has 3 rings (SSSR count). The van der Waals surface area contributed by atoms with Crippen LogP contribution in [0.5, 0.6) is 11.5 Å². The Balaban J connectivity index is 1.77. The zero-order valence-corrected chi connectivity index (χ0v) is 18.9. The van der Waals surface area contributed by atoms with Crippen LogP contribution in [-0.4, -0.2) is 46.2 Å². The lowest BCUT2D eigenvalue weighted by Crippen LogP contribution is -2.17. The van der Waals surface area contributed by atoms with Gasteiger partial charge in [0.25, 0.3) is 5.91 Å². The van der Waals surface area contributed by atoms with Crippen LogP contribution in [0.15, 0.2) is 65.9 Å². The third-order valence-corrected chi connectivity index (χ3v) is 4.75. The average molecular weight is 479 g/mol. The summed E-state index contributed by atoms with van der Waals surface area (Å²) in [6, 6.07) is 14.9. The summed E-state index contributed by atoms with van der Waals surface area (Å²) in [5.74, 6) is -0.508. The molecule has 3 aromatic rings. The number of ether oxygens (including phenoxy) is 2. The van der Waals surface area contributed by atoms with Gasteiger partial charge in [0.15, 0.2) is 23.9 Å². The molecule has 182 valence electrons. The largest absolute Gasteiger partial charge is 0.490 e. The van der Waals surface area contributed by atoms with E-state index in [1.54, 1.807) is 60.8 Å². The maximum Gasteiger partial charge on any atom is 0.341 e. The normalized spacial score (nSPS) is 10.9. The Morgan fingerprint density at radius 2 is 1.86 bits per heavy atom. The molecule has 11 nitrogen and oxygen atoms in total. The van der Waals surface area contributed by atoms with E-state index in [0.29, 0.717) is 46.3 Å². The molecule has 0 bridgehead atoms. The highest BCUT2D eigenvalue weighted by atomic mass is 16.5. The molecule has 1 aromatic heterocycles. The van der Waals surface area contributed by atoms with E-state index in [4.69, 9.17) is 25.5 Å². The van der Waals surface area contributed by atoms with Crippen molar-refractivity contribution in [1.82, 2.24) is 4.98 Å². The number of carbonyl (C=O) groups excluding carboxylic acids is 1. The molecular formula is C24H25N5O6. The Morgan fingerprint density at radius 1 is 1.09 bits per heavy atom. The summed E-state index contributed by atoms with van der Waals surface area (Å²) >= 11 is 0. The Morgan fingerprint density at radius 3 is 2.54 bits per heavy atom. The van der Waals surface area contributed by atoms with E-state index >= 15 is 0 Å². The number of nitrogens with one attached hydrogen (secondary N) is 2. The van der Waals surface area contributed by atoms with Gasteiger partial charge >= 0.3 is 5.97 Å². The summed E-state index contributed by atoms with van der Waals surface area (Å²) in [6.45, 7) is 1.86. The standard InChI is InChI=1S/C24H25N5O6/c1-2-34-19-7-3-5-16(21(19)35-14-20(30)31)13-27-23-18(6-4-12-26-23)24(32)28-17-10-8-15(9-11-17)22(25)29-33/h3-12,33H,2,13-14H2,1H3,(H2,25,29)(H,26,27)(H,28,32)(H,30,31). The van der Waals surface area contributed by atoms with E-state index in [1.165, 1.54) is 0 Å². The molecule has 35 heavy (non-hydrogen) atoms. The summed E-state index contributed by atoms with van der Waals surface area (Å²) in [6.07, 6.45) is 1.55. The number of para-hydroxylation sites is 1. The Hall–Kier alpha value is -4.80. The third kappa shape index (κ3) is 6.60. The van der Waals surface area contributed by atoms with Crippen LogP contribution in [0.2, 0.25) is 0 Å². The molecule has 0 atom stereocenters. The van der Waals surface area contributed by atoms with Crippen LogP contribution < -0.4 is 25.8 Å². The number of nitrogens with zero attached hydrogens (tertiary/aromatic N) is 2. The SMILES string of the molecule is CCOc1cccc(CNc2ncccc2C(=O)Nc2ccc(/C(N)=N/O)cc2)c1OCC(=O)O. The maximum atomic E-state index is 12.9. The summed E-state index contributed by atoms with van der Waals surface area (Å²) < 4.78 is 11.0. The lowest BCUT2D eigenvalue weighted by atomic mass is 10.1. The van der Waals surface area contributed by atoms with Crippen molar-refractivity contribution in [3.63, 3.8) is 0 Å². The number of carbonyl (C=O) groups is 2.